The zero-order valence-electron chi connectivity index (χ0n) is 11.5. The molecule has 0 spiro atoms. The summed E-state index contributed by atoms with van der Waals surface area (Å²) < 4.78 is 5.27. The van der Waals surface area contributed by atoms with E-state index in [0.29, 0.717) is 6.04 Å². The van der Waals surface area contributed by atoms with Gasteiger partial charge in [0.2, 0.25) is 0 Å². The zero-order chi connectivity index (χ0) is 13.5. The normalized spacial score (nSPS) is 12.1. The summed E-state index contributed by atoms with van der Waals surface area (Å²) in [5.74, 6) is 0.905. The summed E-state index contributed by atoms with van der Waals surface area (Å²) in [4.78, 5) is 4.07. The van der Waals surface area contributed by atoms with E-state index in [9.17, 15) is 0 Å². The van der Waals surface area contributed by atoms with Crippen LogP contribution in [0.5, 0.6) is 5.75 Å². The molecule has 0 aliphatic rings. The highest BCUT2D eigenvalue weighted by molar-refractivity contribution is 5.30. The topological polar surface area (TPSA) is 34.1 Å². The molecule has 1 aromatic carbocycles. The van der Waals surface area contributed by atoms with Crippen molar-refractivity contribution in [1.82, 2.24) is 10.3 Å². The van der Waals surface area contributed by atoms with E-state index in [1.807, 2.05) is 24.5 Å². The van der Waals surface area contributed by atoms with Crippen LogP contribution in [-0.4, -0.2) is 18.6 Å². The van der Waals surface area contributed by atoms with Crippen LogP contribution in [-0.2, 0) is 6.42 Å². The molecule has 2 aromatic rings. The van der Waals surface area contributed by atoms with Crippen molar-refractivity contribution in [2.24, 2.45) is 0 Å². The highest BCUT2D eigenvalue weighted by Crippen LogP contribution is 2.20. The molecule has 1 unspecified atom stereocenters. The first-order valence-electron chi connectivity index (χ1n) is 6.59. The Morgan fingerprint density at radius 3 is 2.68 bits per heavy atom. The molecule has 0 amide bonds. The number of ether oxygens (including phenoxy) is 1. The van der Waals surface area contributed by atoms with Gasteiger partial charge in [-0.2, -0.15) is 0 Å². The Labute approximate surface area is 114 Å². The molecule has 1 aromatic heterocycles. The molecule has 0 fully saturated rings. The molecular weight excluding hydrogens is 236 g/mol. The van der Waals surface area contributed by atoms with E-state index in [1.165, 1.54) is 11.1 Å². The van der Waals surface area contributed by atoms with Crippen molar-refractivity contribution in [3.8, 4) is 5.75 Å². The Morgan fingerprint density at radius 1 is 1.21 bits per heavy atom. The van der Waals surface area contributed by atoms with E-state index in [4.69, 9.17) is 4.74 Å². The lowest BCUT2D eigenvalue weighted by Crippen LogP contribution is -2.22. The van der Waals surface area contributed by atoms with Gasteiger partial charge in [-0.05, 0) is 48.4 Å². The number of aromatic nitrogens is 1. The van der Waals surface area contributed by atoms with Gasteiger partial charge in [-0.25, -0.2) is 0 Å². The van der Waals surface area contributed by atoms with Gasteiger partial charge in [-0.15, -0.1) is 0 Å². The Hall–Kier alpha value is -1.87. The number of hydrogen-bond donors (Lipinski definition) is 1. The standard InChI is InChI=1S/C16H20N2O/c1-3-18-16(14-7-9-17-10-8-14)12-13-5-4-6-15(11-13)19-2/h4-11,16,18H,3,12H2,1-2H3. The van der Waals surface area contributed by atoms with E-state index in [-0.39, 0.29) is 0 Å². The van der Waals surface area contributed by atoms with Gasteiger partial charge in [0.1, 0.15) is 5.75 Å². The van der Waals surface area contributed by atoms with Gasteiger partial charge in [0.25, 0.3) is 0 Å². The molecule has 3 heteroatoms. The molecule has 0 radical (unpaired) electrons. The summed E-state index contributed by atoms with van der Waals surface area (Å²) in [6.07, 6.45) is 4.62. The fourth-order valence-electron chi connectivity index (χ4n) is 2.19. The number of hydrogen-bond acceptors (Lipinski definition) is 3. The van der Waals surface area contributed by atoms with E-state index in [1.54, 1.807) is 7.11 Å². The quantitative estimate of drug-likeness (QED) is 0.862. The lowest BCUT2D eigenvalue weighted by Gasteiger charge is -2.18. The minimum absolute atomic E-state index is 0.306. The molecule has 0 saturated carbocycles. The molecule has 1 N–H and O–H groups in total. The molecular formula is C16H20N2O. The third-order valence-corrected chi connectivity index (χ3v) is 3.13. The van der Waals surface area contributed by atoms with Crippen LogP contribution in [0.4, 0.5) is 0 Å². The van der Waals surface area contributed by atoms with E-state index < -0.39 is 0 Å². The number of likely N-dealkylation sites (N-methyl/N-ethyl adjacent to an activating group) is 1. The number of benzene rings is 1. The number of nitrogens with zero attached hydrogens (tertiary/aromatic N) is 1. The lowest BCUT2D eigenvalue weighted by atomic mass is 9.99. The van der Waals surface area contributed by atoms with Crippen LogP contribution in [0.3, 0.4) is 0 Å². The van der Waals surface area contributed by atoms with Crippen molar-refractivity contribution in [2.45, 2.75) is 19.4 Å². The van der Waals surface area contributed by atoms with Gasteiger partial charge in [0.05, 0.1) is 7.11 Å². The van der Waals surface area contributed by atoms with E-state index in [2.05, 4.69) is 41.5 Å². The fraction of sp³-hybridized carbons (Fsp3) is 0.312. The second-order valence-electron chi connectivity index (χ2n) is 4.45. The highest BCUT2D eigenvalue weighted by atomic mass is 16.5. The molecule has 3 nitrogen and oxygen atoms in total. The summed E-state index contributed by atoms with van der Waals surface area (Å²) in [6.45, 7) is 3.07. The average Bonchev–Trinajstić information content (AvgIpc) is 2.48. The van der Waals surface area contributed by atoms with Crippen LogP contribution in [0, 0.1) is 0 Å². The van der Waals surface area contributed by atoms with Gasteiger partial charge in [-0.1, -0.05) is 19.1 Å². The summed E-state index contributed by atoms with van der Waals surface area (Å²) in [7, 11) is 1.70. The van der Waals surface area contributed by atoms with Gasteiger partial charge >= 0.3 is 0 Å². The minimum atomic E-state index is 0.306. The summed E-state index contributed by atoms with van der Waals surface area (Å²) in [6, 6.07) is 12.7. The first-order chi connectivity index (χ1) is 9.33. The second kappa shape index (κ2) is 6.90. The van der Waals surface area contributed by atoms with Gasteiger partial charge in [0, 0.05) is 18.4 Å². The molecule has 0 saturated heterocycles. The maximum absolute atomic E-state index is 5.27. The third-order valence-electron chi connectivity index (χ3n) is 3.13. The van der Waals surface area contributed by atoms with Crippen molar-refractivity contribution in [3.05, 3.63) is 59.9 Å². The predicted molar refractivity (Wildman–Crippen MR) is 77.4 cm³/mol. The van der Waals surface area contributed by atoms with Crippen LogP contribution in [0.2, 0.25) is 0 Å². The molecule has 100 valence electrons. The minimum Gasteiger partial charge on any atom is -0.497 e. The Balaban J connectivity index is 2.16. The maximum Gasteiger partial charge on any atom is 0.119 e. The molecule has 0 aliphatic carbocycles. The SMILES string of the molecule is CCNC(Cc1cccc(OC)c1)c1ccncc1. The number of nitrogens with one attached hydrogen (secondary N) is 1. The molecule has 2 rings (SSSR count). The summed E-state index contributed by atoms with van der Waals surface area (Å²) in [5, 5.41) is 3.52. The van der Waals surface area contributed by atoms with Crippen molar-refractivity contribution in [3.63, 3.8) is 0 Å². The lowest BCUT2D eigenvalue weighted by molar-refractivity contribution is 0.414. The van der Waals surface area contributed by atoms with Crippen LogP contribution in [0.15, 0.2) is 48.8 Å². The summed E-state index contributed by atoms with van der Waals surface area (Å²) >= 11 is 0. The number of rotatable bonds is 6. The van der Waals surface area contributed by atoms with Gasteiger partial charge in [0.15, 0.2) is 0 Å². The molecule has 1 atom stereocenters. The monoisotopic (exact) mass is 256 g/mol. The first kappa shape index (κ1) is 13.6. The Bertz CT molecular complexity index is 499. The largest absolute Gasteiger partial charge is 0.497 e. The Kier molecular flexibility index (Phi) is 4.93. The maximum atomic E-state index is 5.27. The van der Waals surface area contributed by atoms with Crippen molar-refractivity contribution >= 4 is 0 Å². The highest BCUT2D eigenvalue weighted by Gasteiger charge is 2.11. The number of methoxy groups -OCH3 is 1. The zero-order valence-corrected chi connectivity index (χ0v) is 11.5. The first-order valence-corrected chi connectivity index (χ1v) is 6.59. The van der Waals surface area contributed by atoms with Crippen molar-refractivity contribution in [2.75, 3.05) is 13.7 Å². The van der Waals surface area contributed by atoms with Crippen molar-refractivity contribution < 1.29 is 4.74 Å². The van der Waals surface area contributed by atoms with Crippen LogP contribution in [0.25, 0.3) is 0 Å². The number of pyridine rings is 1. The van der Waals surface area contributed by atoms with Gasteiger partial charge < -0.3 is 10.1 Å². The van der Waals surface area contributed by atoms with E-state index in [0.717, 1.165) is 18.7 Å². The Morgan fingerprint density at radius 2 is 2.00 bits per heavy atom. The third kappa shape index (κ3) is 3.80. The molecule has 0 aliphatic heterocycles. The smallest absolute Gasteiger partial charge is 0.119 e. The predicted octanol–water partition coefficient (Wildman–Crippen LogP) is 2.98. The van der Waals surface area contributed by atoms with Gasteiger partial charge in [-0.3, -0.25) is 4.98 Å². The van der Waals surface area contributed by atoms with Crippen LogP contribution in [0.1, 0.15) is 24.1 Å². The van der Waals surface area contributed by atoms with Crippen molar-refractivity contribution in [1.29, 1.82) is 0 Å². The second-order valence-corrected chi connectivity index (χ2v) is 4.45. The van der Waals surface area contributed by atoms with E-state index >= 15 is 0 Å². The average molecular weight is 256 g/mol. The van der Waals surface area contributed by atoms with Crippen LogP contribution < -0.4 is 10.1 Å². The molecule has 1 heterocycles. The molecule has 0 bridgehead atoms. The van der Waals surface area contributed by atoms with Crippen LogP contribution >= 0.6 is 0 Å². The summed E-state index contributed by atoms with van der Waals surface area (Å²) in [5.41, 5.74) is 2.53. The molecule has 19 heavy (non-hydrogen) atoms. The fourth-order valence-corrected chi connectivity index (χ4v) is 2.19.